The molecule has 0 heterocycles. The van der Waals surface area contributed by atoms with Crippen molar-refractivity contribution in [2.24, 2.45) is 0 Å². The minimum Gasteiger partial charge on any atom is -0.325 e. The second-order valence-corrected chi connectivity index (χ2v) is 7.34. The highest BCUT2D eigenvalue weighted by Crippen LogP contribution is 2.20. The molecular weight excluding hydrogens is 392 g/mol. The van der Waals surface area contributed by atoms with Gasteiger partial charge in [-0.2, -0.15) is 0 Å². The third-order valence-corrected chi connectivity index (χ3v) is 5.34. The Labute approximate surface area is 141 Å². The van der Waals surface area contributed by atoms with Crippen LogP contribution in [0.3, 0.4) is 0 Å². The van der Waals surface area contributed by atoms with Crippen molar-refractivity contribution in [3.05, 3.63) is 58.0 Å². The molecule has 0 saturated heterocycles. The molecule has 5 nitrogen and oxygen atoms in total. The number of halogens is 2. The van der Waals surface area contributed by atoms with E-state index in [0.29, 0.717) is 15.2 Å². The van der Waals surface area contributed by atoms with Gasteiger partial charge in [0.05, 0.1) is 11.4 Å². The van der Waals surface area contributed by atoms with Gasteiger partial charge in [0.15, 0.2) is 0 Å². The standard InChI is InChI=1S/C14H12BrClN2O3S/c15-12-3-1-2-4-13(12)22(20,21)17-9-14(19)18-11-7-5-10(16)6-8-11/h1-8,17H,9H2,(H,18,19). The summed E-state index contributed by atoms with van der Waals surface area (Å²) in [5, 5.41) is 3.12. The summed E-state index contributed by atoms with van der Waals surface area (Å²) in [7, 11) is -3.76. The lowest BCUT2D eigenvalue weighted by Crippen LogP contribution is -2.33. The van der Waals surface area contributed by atoms with Crippen molar-refractivity contribution in [2.75, 3.05) is 11.9 Å². The van der Waals surface area contributed by atoms with Crippen LogP contribution in [0.5, 0.6) is 0 Å². The zero-order valence-electron chi connectivity index (χ0n) is 11.2. The molecule has 1 amide bonds. The van der Waals surface area contributed by atoms with Crippen molar-refractivity contribution in [3.8, 4) is 0 Å². The van der Waals surface area contributed by atoms with Gasteiger partial charge in [0.2, 0.25) is 15.9 Å². The normalized spacial score (nSPS) is 11.2. The Bertz CT molecular complexity index is 779. The summed E-state index contributed by atoms with van der Waals surface area (Å²) in [6.07, 6.45) is 0. The number of hydrogen-bond donors (Lipinski definition) is 2. The number of benzene rings is 2. The maximum atomic E-state index is 12.1. The summed E-state index contributed by atoms with van der Waals surface area (Å²) in [5.74, 6) is -0.474. The zero-order chi connectivity index (χ0) is 16.2. The van der Waals surface area contributed by atoms with E-state index in [-0.39, 0.29) is 11.4 Å². The Balaban J connectivity index is 1.98. The van der Waals surface area contributed by atoms with E-state index in [1.165, 1.54) is 6.07 Å². The molecule has 0 spiro atoms. The molecule has 0 aliphatic heterocycles. The van der Waals surface area contributed by atoms with E-state index in [9.17, 15) is 13.2 Å². The Kier molecular flexibility index (Phi) is 5.57. The summed E-state index contributed by atoms with van der Waals surface area (Å²) >= 11 is 8.91. The van der Waals surface area contributed by atoms with Gasteiger partial charge >= 0.3 is 0 Å². The van der Waals surface area contributed by atoms with Crippen molar-refractivity contribution in [1.82, 2.24) is 4.72 Å². The van der Waals surface area contributed by atoms with E-state index < -0.39 is 15.9 Å². The summed E-state index contributed by atoms with van der Waals surface area (Å²) in [6.45, 7) is -0.369. The largest absolute Gasteiger partial charge is 0.325 e. The van der Waals surface area contributed by atoms with Gasteiger partial charge in [0.25, 0.3) is 0 Å². The molecule has 0 atom stereocenters. The number of rotatable bonds is 5. The molecule has 0 radical (unpaired) electrons. The third-order valence-electron chi connectivity index (χ3n) is 2.68. The molecule has 2 aromatic rings. The Morgan fingerprint density at radius 3 is 2.36 bits per heavy atom. The first-order valence-corrected chi connectivity index (χ1v) is 8.83. The molecule has 8 heteroatoms. The zero-order valence-corrected chi connectivity index (χ0v) is 14.4. The molecule has 0 unspecified atom stereocenters. The van der Waals surface area contributed by atoms with Crippen LogP contribution < -0.4 is 10.0 Å². The number of sulfonamides is 1. The van der Waals surface area contributed by atoms with Crippen molar-refractivity contribution in [3.63, 3.8) is 0 Å². The van der Waals surface area contributed by atoms with Gasteiger partial charge in [0, 0.05) is 15.2 Å². The molecule has 0 aliphatic carbocycles. The molecule has 2 N–H and O–H groups in total. The Hall–Kier alpha value is -1.41. The number of carbonyl (C=O) groups excluding carboxylic acids is 1. The minimum atomic E-state index is -3.76. The van der Waals surface area contributed by atoms with Crippen LogP contribution in [0.1, 0.15) is 0 Å². The fourth-order valence-electron chi connectivity index (χ4n) is 1.64. The number of carbonyl (C=O) groups is 1. The second-order valence-electron chi connectivity index (χ2n) is 4.31. The average Bonchev–Trinajstić information content (AvgIpc) is 2.48. The number of nitrogens with one attached hydrogen (secondary N) is 2. The maximum Gasteiger partial charge on any atom is 0.242 e. The van der Waals surface area contributed by atoms with E-state index in [0.717, 1.165) is 0 Å². The van der Waals surface area contributed by atoms with E-state index in [4.69, 9.17) is 11.6 Å². The first kappa shape index (κ1) is 17.0. The van der Waals surface area contributed by atoms with Crippen LogP contribution in [0.15, 0.2) is 57.9 Å². The molecule has 0 bridgehead atoms. The van der Waals surface area contributed by atoms with Crippen molar-refractivity contribution < 1.29 is 13.2 Å². The topological polar surface area (TPSA) is 75.3 Å². The molecular formula is C14H12BrClN2O3S. The van der Waals surface area contributed by atoms with Gasteiger partial charge in [0.1, 0.15) is 0 Å². The van der Waals surface area contributed by atoms with Crippen molar-refractivity contribution in [2.45, 2.75) is 4.90 Å². The minimum absolute atomic E-state index is 0.0780. The van der Waals surface area contributed by atoms with Crippen molar-refractivity contribution in [1.29, 1.82) is 0 Å². The monoisotopic (exact) mass is 402 g/mol. The summed E-state index contributed by atoms with van der Waals surface area (Å²) in [6, 6.07) is 12.9. The van der Waals surface area contributed by atoms with E-state index in [1.54, 1.807) is 42.5 Å². The second kappa shape index (κ2) is 7.23. The lowest BCUT2D eigenvalue weighted by Gasteiger charge is -2.09. The molecule has 2 aromatic carbocycles. The first-order valence-electron chi connectivity index (χ1n) is 6.18. The predicted molar refractivity (Wildman–Crippen MR) is 89.4 cm³/mol. The van der Waals surface area contributed by atoms with Crippen LogP contribution in [0.25, 0.3) is 0 Å². The number of hydrogen-bond acceptors (Lipinski definition) is 3. The van der Waals surface area contributed by atoms with Gasteiger partial charge in [-0.3, -0.25) is 4.79 Å². The quantitative estimate of drug-likeness (QED) is 0.806. The lowest BCUT2D eigenvalue weighted by atomic mass is 10.3. The van der Waals surface area contributed by atoms with Gasteiger partial charge < -0.3 is 5.32 Å². The Morgan fingerprint density at radius 2 is 1.73 bits per heavy atom. The summed E-state index contributed by atoms with van der Waals surface area (Å²) < 4.78 is 26.9. The third kappa shape index (κ3) is 4.54. The molecule has 116 valence electrons. The molecule has 2 rings (SSSR count). The SMILES string of the molecule is O=C(CNS(=O)(=O)c1ccccc1Br)Nc1ccc(Cl)cc1. The van der Waals surface area contributed by atoms with Gasteiger partial charge in [-0.05, 0) is 52.3 Å². The molecule has 0 saturated carbocycles. The molecule has 22 heavy (non-hydrogen) atoms. The molecule has 0 aliphatic rings. The maximum absolute atomic E-state index is 12.1. The summed E-state index contributed by atoms with van der Waals surface area (Å²) in [5.41, 5.74) is 0.537. The number of anilines is 1. The van der Waals surface area contributed by atoms with E-state index >= 15 is 0 Å². The van der Waals surface area contributed by atoms with E-state index in [2.05, 4.69) is 26.0 Å². The number of amides is 1. The van der Waals surface area contributed by atoms with Gasteiger partial charge in [-0.1, -0.05) is 23.7 Å². The van der Waals surface area contributed by atoms with Crippen LogP contribution in [0.2, 0.25) is 5.02 Å². The average molecular weight is 404 g/mol. The predicted octanol–water partition coefficient (Wildman–Crippen LogP) is 3.02. The smallest absolute Gasteiger partial charge is 0.242 e. The molecule has 0 aromatic heterocycles. The fourth-order valence-corrected chi connectivity index (χ4v) is 3.75. The highest BCUT2D eigenvalue weighted by molar-refractivity contribution is 9.10. The van der Waals surface area contributed by atoms with Crippen LogP contribution >= 0.6 is 27.5 Å². The Morgan fingerprint density at radius 1 is 1.09 bits per heavy atom. The lowest BCUT2D eigenvalue weighted by molar-refractivity contribution is -0.115. The first-order chi connectivity index (χ1) is 10.4. The highest BCUT2D eigenvalue weighted by Gasteiger charge is 2.18. The van der Waals surface area contributed by atoms with Gasteiger partial charge in [-0.25, -0.2) is 13.1 Å². The van der Waals surface area contributed by atoms with Gasteiger partial charge in [-0.15, -0.1) is 0 Å². The van der Waals surface area contributed by atoms with Crippen LogP contribution in [-0.4, -0.2) is 20.9 Å². The summed E-state index contributed by atoms with van der Waals surface area (Å²) in [4.78, 5) is 11.9. The van der Waals surface area contributed by atoms with Crippen LogP contribution in [-0.2, 0) is 14.8 Å². The van der Waals surface area contributed by atoms with Crippen LogP contribution in [0, 0.1) is 0 Å². The van der Waals surface area contributed by atoms with Crippen LogP contribution in [0.4, 0.5) is 5.69 Å². The highest BCUT2D eigenvalue weighted by atomic mass is 79.9. The van der Waals surface area contributed by atoms with E-state index in [1.807, 2.05) is 0 Å². The molecule has 0 fully saturated rings. The van der Waals surface area contributed by atoms with Crippen molar-refractivity contribution >= 4 is 49.1 Å². The fraction of sp³-hybridized carbons (Fsp3) is 0.0714.